The lowest BCUT2D eigenvalue weighted by Gasteiger charge is -2.35. The van der Waals surface area contributed by atoms with Gasteiger partial charge in [0, 0.05) is 13.1 Å². The Morgan fingerprint density at radius 3 is 1.60 bits per heavy atom. The number of amides is 1. The zero-order valence-corrected chi connectivity index (χ0v) is 36.8. The van der Waals surface area contributed by atoms with Gasteiger partial charge in [-0.1, -0.05) is 35.3 Å². The highest BCUT2D eigenvalue weighted by molar-refractivity contribution is 6.31. The number of anilines is 2. The van der Waals surface area contributed by atoms with Crippen molar-refractivity contribution in [2.24, 2.45) is 0 Å². The molecule has 2 aliphatic rings. The first-order valence-electron chi connectivity index (χ1n) is 20.1. The average Bonchev–Trinajstić information content (AvgIpc) is 3.89. The molecule has 65 heavy (non-hydrogen) atoms. The van der Waals surface area contributed by atoms with E-state index in [1.807, 2.05) is 10.9 Å². The molecule has 0 spiro atoms. The van der Waals surface area contributed by atoms with E-state index < -0.39 is 50.3 Å². The molecule has 2 aromatic heterocycles. The number of alkyl halides is 6. The largest absolute Gasteiger partial charge is 0.481 e. The predicted octanol–water partition coefficient (Wildman–Crippen LogP) is 12.0. The van der Waals surface area contributed by atoms with Crippen LogP contribution in [0.25, 0.3) is 11.4 Å². The Balaban J connectivity index is 0.000000178. The van der Waals surface area contributed by atoms with E-state index in [0.717, 1.165) is 54.7 Å². The topological polar surface area (TPSA) is 105 Å². The number of halogens is 10. The SMILES string of the molecule is CC(C)(C(=O)N1CCCc2c1cnn2-c1ccc(F)cc1)c1ccc(Cl)c(C(F)(F)F)c1.CC(C)(C(=O)O)c1ccc(Cl)c(C(F)(F)F)c1.Fc1ccc(-n2ncc3c2CCCN3)cc1. The van der Waals surface area contributed by atoms with Crippen molar-refractivity contribution >= 4 is 46.5 Å². The molecular formula is C46H42Cl2F8N6O3. The summed E-state index contributed by atoms with van der Waals surface area (Å²) in [4.78, 5) is 26.1. The van der Waals surface area contributed by atoms with Crippen LogP contribution >= 0.6 is 23.2 Å². The van der Waals surface area contributed by atoms with Crippen molar-refractivity contribution in [3.8, 4) is 11.4 Å². The molecule has 2 N–H and O–H groups in total. The molecule has 8 rings (SSSR count). The lowest BCUT2D eigenvalue weighted by Crippen LogP contribution is -2.46. The molecule has 6 aromatic rings. The van der Waals surface area contributed by atoms with E-state index in [1.165, 1.54) is 62.0 Å². The number of nitrogens with zero attached hydrogens (tertiary/aromatic N) is 5. The molecule has 0 bridgehead atoms. The number of rotatable bonds is 6. The Kier molecular flexibility index (Phi) is 14.1. The third kappa shape index (κ3) is 10.6. The second-order valence-electron chi connectivity index (χ2n) is 16.3. The van der Waals surface area contributed by atoms with Crippen LogP contribution < -0.4 is 10.2 Å². The van der Waals surface area contributed by atoms with Crippen molar-refractivity contribution in [2.75, 3.05) is 23.3 Å². The fourth-order valence-corrected chi connectivity index (χ4v) is 7.71. The third-order valence-corrected chi connectivity index (χ3v) is 11.8. The first kappa shape index (κ1) is 48.5. The van der Waals surface area contributed by atoms with Crippen molar-refractivity contribution in [1.29, 1.82) is 0 Å². The van der Waals surface area contributed by atoms with Crippen LogP contribution in [0.5, 0.6) is 0 Å². The molecular weight excluding hydrogens is 907 g/mol. The van der Waals surface area contributed by atoms with Gasteiger partial charge in [-0.3, -0.25) is 9.59 Å². The average molecular weight is 950 g/mol. The molecule has 0 radical (unpaired) electrons. The van der Waals surface area contributed by atoms with Gasteiger partial charge in [-0.2, -0.15) is 36.5 Å². The van der Waals surface area contributed by atoms with Gasteiger partial charge in [0.1, 0.15) is 11.6 Å². The van der Waals surface area contributed by atoms with Crippen molar-refractivity contribution in [3.63, 3.8) is 0 Å². The van der Waals surface area contributed by atoms with Crippen LogP contribution in [0, 0.1) is 11.6 Å². The summed E-state index contributed by atoms with van der Waals surface area (Å²) in [5.74, 6) is -2.13. The summed E-state index contributed by atoms with van der Waals surface area (Å²) in [6.45, 7) is 7.28. The summed E-state index contributed by atoms with van der Waals surface area (Å²) >= 11 is 11.2. The molecule has 19 heteroatoms. The van der Waals surface area contributed by atoms with E-state index in [4.69, 9.17) is 28.3 Å². The number of aliphatic carboxylic acids is 1. The van der Waals surface area contributed by atoms with Crippen molar-refractivity contribution in [2.45, 2.75) is 76.6 Å². The summed E-state index contributed by atoms with van der Waals surface area (Å²) in [6.07, 6.45) is -2.37. The second-order valence-corrected chi connectivity index (χ2v) is 17.1. The van der Waals surface area contributed by atoms with Gasteiger partial charge in [-0.25, -0.2) is 18.1 Å². The molecule has 2 aliphatic heterocycles. The van der Waals surface area contributed by atoms with Crippen molar-refractivity contribution < 1.29 is 49.8 Å². The standard InChI is InChI=1S/C23H20ClF4N3O.C12H12FN3.C11H10ClF3O2/c1-22(2,14-5-10-18(24)17(12-14)23(26,27)28)21(32)30-11-3-4-19-20(30)13-29-31(19)16-8-6-15(25)7-9-16;13-9-3-5-10(6-4-9)16-12-2-1-7-14-11(12)8-15-16;1-10(2,9(16)17)6-3-4-8(12)7(5-6)11(13,14)15/h5-10,12-13H,3-4,11H2,1-2H3;3-6,8,14H,1-2,7H2;3-5H,1-2H3,(H,16,17). The number of aromatic nitrogens is 4. The highest BCUT2D eigenvalue weighted by Crippen LogP contribution is 2.40. The molecule has 344 valence electrons. The van der Waals surface area contributed by atoms with E-state index in [2.05, 4.69) is 15.5 Å². The van der Waals surface area contributed by atoms with Crippen LogP contribution in [-0.4, -0.2) is 49.6 Å². The zero-order valence-electron chi connectivity index (χ0n) is 35.3. The molecule has 0 aliphatic carbocycles. The Morgan fingerprint density at radius 2 is 1.11 bits per heavy atom. The fraction of sp³-hybridized carbons (Fsp3) is 0.304. The number of carboxylic acid groups (broad SMARTS) is 1. The van der Waals surface area contributed by atoms with E-state index in [1.54, 1.807) is 53.9 Å². The zero-order chi connectivity index (χ0) is 47.6. The van der Waals surface area contributed by atoms with Gasteiger partial charge in [0.05, 0.1) is 78.5 Å². The van der Waals surface area contributed by atoms with Crippen molar-refractivity contribution in [3.05, 3.63) is 153 Å². The lowest BCUT2D eigenvalue weighted by molar-refractivity contribution is -0.143. The van der Waals surface area contributed by atoms with Gasteiger partial charge in [0.2, 0.25) is 5.91 Å². The molecule has 0 saturated carbocycles. The Morgan fingerprint density at radius 1 is 0.646 bits per heavy atom. The molecule has 1 amide bonds. The van der Waals surface area contributed by atoms with Gasteiger partial charge in [-0.05, 0) is 137 Å². The molecule has 0 fully saturated rings. The number of fused-ring (bicyclic) bond motifs is 2. The van der Waals surface area contributed by atoms with Gasteiger partial charge in [0.15, 0.2) is 0 Å². The van der Waals surface area contributed by atoms with Crippen LogP contribution in [0.1, 0.15) is 74.2 Å². The predicted molar refractivity (Wildman–Crippen MR) is 231 cm³/mol. The van der Waals surface area contributed by atoms with Gasteiger partial charge < -0.3 is 15.3 Å². The highest BCUT2D eigenvalue weighted by atomic mass is 35.5. The minimum Gasteiger partial charge on any atom is -0.481 e. The third-order valence-electron chi connectivity index (χ3n) is 11.2. The summed E-state index contributed by atoms with van der Waals surface area (Å²) < 4.78 is 107. The maximum atomic E-state index is 13.5. The fourth-order valence-electron chi connectivity index (χ4n) is 7.26. The number of hydrogen-bond donors (Lipinski definition) is 2. The van der Waals surface area contributed by atoms with E-state index in [-0.39, 0.29) is 28.7 Å². The highest BCUT2D eigenvalue weighted by Gasteiger charge is 2.41. The number of carboxylic acids is 1. The number of nitrogens with one attached hydrogen (secondary N) is 1. The van der Waals surface area contributed by atoms with Gasteiger partial charge >= 0.3 is 18.3 Å². The second kappa shape index (κ2) is 18.9. The van der Waals surface area contributed by atoms with Crippen LogP contribution in [-0.2, 0) is 45.6 Å². The molecule has 0 unspecified atom stereocenters. The quantitative estimate of drug-likeness (QED) is 0.161. The minimum atomic E-state index is -4.62. The summed E-state index contributed by atoms with van der Waals surface area (Å²) in [5.41, 5.74) is 0.879. The van der Waals surface area contributed by atoms with Gasteiger partial charge in [0.25, 0.3) is 0 Å². The smallest absolute Gasteiger partial charge is 0.417 e. The first-order chi connectivity index (χ1) is 30.4. The number of benzene rings is 4. The minimum absolute atomic E-state index is 0.0572. The lowest BCUT2D eigenvalue weighted by atomic mass is 9.82. The molecule has 0 saturated heterocycles. The Labute approximate surface area is 378 Å². The molecule has 9 nitrogen and oxygen atoms in total. The molecule has 0 atom stereocenters. The normalized spacial score (nSPS) is 13.9. The maximum absolute atomic E-state index is 13.5. The monoisotopic (exact) mass is 948 g/mol. The van der Waals surface area contributed by atoms with Gasteiger partial charge in [-0.15, -0.1) is 0 Å². The number of hydrogen-bond acceptors (Lipinski definition) is 5. The van der Waals surface area contributed by atoms with E-state index >= 15 is 0 Å². The van der Waals surface area contributed by atoms with Crippen LogP contribution in [0.15, 0.2) is 97.3 Å². The van der Waals surface area contributed by atoms with Crippen LogP contribution in [0.4, 0.5) is 46.5 Å². The summed E-state index contributed by atoms with van der Waals surface area (Å²) in [5, 5.41) is 20.1. The van der Waals surface area contributed by atoms with E-state index in [9.17, 15) is 44.7 Å². The molecule has 4 aromatic carbocycles. The number of carbonyl (C=O) groups excluding carboxylic acids is 1. The Bertz CT molecular complexity index is 2680. The first-order valence-corrected chi connectivity index (χ1v) is 20.9. The maximum Gasteiger partial charge on any atom is 0.417 e. The van der Waals surface area contributed by atoms with E-state index in [0.29, 0.717) is 30.8 Å². The summed E-state index contributed by atoms with van der Waals surface area (Å²) in [7, 11) is 0. The van der Waals surface area contributed by atoms with Crippen molar-refractivity contribution in [1.82, 2.24) is 19.6 Å². The molecule has 4 heterocycles. The Hall–Kier alpha value is -5.94. The summed E-state index contributed by atoms with van der Waals surface area (Å²) in [6, 6.07) is 18.9. The number of carbonyl (C=O) groups is 2. The van der Waals surface area contributed by atoms with Crippen LogP contribution in [0.2, 0.25) is 10.0 Å². The van der Waals surface area contributed by atoms with Crippen LogP contribution in [0.3, 0.4) is 0 Å².